The smallest absolute Gasteiger partial charge is 0.353 e. The van der Waals surface area contributed by atoms with E-state index in [1.54, 1.807) is 10.9 Å². The Morgan fingerprint density at radius 3 is 2.41 bits per heavy atom. The van der Waals surface area contributed by atoms with E-state index >= 15 is 0 Å². The number of nitrogens with zero attached hydrogens (tertiary/aromatic N) is 8. The summed E-state index contributed by atoms with van der Waals surface area (Å²) in [5, 5.41) is 5.06. The van der Waals surface area contributed by atoms with Gasteiger partial charge < -0.3 is 9.80 Å². The fraction of sp³-hybridized carbons (Fsp3) is 0.438. The van der Waals surface area contributed by atoms with Gasteiger partial charge in [0.05, 0.1) is 11.6 Å². The van der Waals surface area contributed by atoms with Gasteiger partial charge in [-0.05, 0) is 6.92 Å². The van der Waals surface area contributed by atoms with Gasteiger partial charge in [-0.15, -0.1) is 0 Å². The second kappa shape index (κ2) is 6.32. The molecule has 3 aromatic heterocycles. The Bertz CT molecular complexity index is 975. The highest BCUT2D eigenvalue weighted by Gasteiger charge is 2.34. The molecule has 0 saturated carbocycles. The first-order valence-corrected chi connectivity index (χ1v) is 8.38. The summed E-state index contributed by atoms with van der Waals surface area (Å²) in [6.07, 6.45) is -1.27. The molecular weight excluding hydrogens is 361 g/mol. The zero-order valence-electron chi connectivity index (χ0n) is 14.8. The van der Waals surface area contributed by atoms with Crippen molar-refractivity contribution in [3.8, 4) is 0 Å². The van der Waals surface area contributed by atoms with E-state index < -0.39 is 11.9 Å². The van der Waals surface area contributed by atoms with Gasteiger partial charge in [0.2, 0.25) is 0 Å². The van der Waals surface area contributed by atoms with Crippen LogP contribution in [0.25, 0.3) is 11.0 Å². The number of alkyl halides is 3. The zero-order chi connectivity index (χ0) is 19.2. The first-order valence-electron chi connectivity index (χ1n) is 8.38. The second-order valence-corrected chi connectivity index (χ2v) is 6.33. The number of rotatable bonds is 2. The lowest BCUT2D eigenvalue weighted by Crippen LogP contribution is -2.47. The van der Waals surface area contributed by atoms with Crippen molar-refractivity contribution in [1.82, 2.24) is 29.7 Å². The van der Waals surface area contributed by atoms with E-state index in [0.717, 1.165) is 22.9 Å². The lowest BCUT2D eigenvalue weighted by atomic mass is 10.2. The maximum absolute atomic E-state index is 13.0. The van der Waals surface area contributed by atoms with Crippen LogP contribution < -0.4 is 9.80 Å². The van der Waals surface area contributed by atoms with Crippen LogP contribution in [-0.2, 0) is 13.2 Å². The van der Waals surface area contributed by atoms with Gasteiger partial charge in [0.15, 0.2) is 5.65 Å². The number of fused-ring (bicyclic) bond motifs is 1. The predicted molar refractivity (Wildman–Crippen MR) is 92.5 cm³/mol. The molecule has 0 atom stereocenters. The van der Waals surface area contributed by atoms with Crippen LogP contribution in [0.3, 0.4) is 0 Å². The summed E-state index contributed by atoms with van der Waals surface area (Å²) in [4.78, 5) is 20.2. The van der Waals surface area contributed by atoms with Gasteiger partial charge in [0, 0.05) is 39.3 Å². The van der Waals surface area contributed by atoms with Crippen LogP contribution in [0.4, 0.5) is 24.8 Å². The largest absolute Gasteiger partial charge is 0.433 e. The van der Waals surface area contributed by atoms with Gasteiger partial charge in [0.25, 0.3) is 0 Å². The third kappa shape index (κ3) is 3.24. The maximum Gasteiger partial charge on any atom is 0.433 e. The van der Waals surface area contributed by atoms with E-state index in [1.165, 1.54) is 13.3 Å². The third-order valence-corrected chi connectivity index (χ3v) is 4.53. The van der Waals surface area contributed by atoms with Crippen molar-refractivity contribution in [3.05, 3.63) is 30.1 Å². The van der Waals surface area contributed by atoms with E-state index in [9.17, 15) is 13.2 Å². The molecule has 0 amide bonds. The Hall–Kier alpha value is -2.98. The molecule has 4 heterocycles. The average Bonchev–Trinajstić information content (AvgIpc) is 3.02. The monoisotopic (exact) mass is 378 g/mol. The highest BCUT2D eigenvalue weighted by Crippen LogP contribution is 2.30. The molecule has 27 heavy (non-hydrogen) atoms. The lowest BCUT2D eigenvalue weighted by molar-refractivity contribution is -0.141. The summed E-state index contributed by atoms with van der Waals surface area (Å²) >= 11 is 0. The van der Waals surface area contributed by atoms with Crippen LogP contribution >= 0.6 is 0 Å². The minimum atomic E-state index is -4.49. The zero-order valence-corrected chi connectivity index (χ0v) is 14.8. The van der Waals surface area contributed by atoms with Gasteiger partial charge in [-0.3, -0.25) is 4.68 Å². The maximum atomic E-state index is 13.0. The van der Waals surface area contributed by atoms with Crippen molar-refractivity contribution < 1.29 is 13.2 Å². The van der Waals surface area contributed by atoms with Crippen LogP contribution in [0.1, 0.15) is 11.5 Å². The van der Waals surface area contributed by atoms with Crippen molar-refractivity contribution >= 4 is 22.7 Å². The van der Waals surface area contributed by atoms with Gasteiger partial charge in [-0.1, -0.05) is 0 Å². The van der Waals surface area contributed by atoms with Crippen molar-refractivity contribution in [3.63, 3.8) is 0 Å². The molecule has 0 bridgehead atoms. The highest BCUT2D eigenvalue weighted by atomic mass is 19.4. The fourth-order valence-electron chi connectivity index (χ4n) is 3.21. The fourth-order valence-corrected chi connectivity index (χ4v) is 3.21. The Kier molecular flexibility index (Phi) is 4.08. The van der Waals surface area contributed by atoms with Crippen molar-refractivity contribution in [1.29, 1.82) is 0 Å². The first kappa shape index (κ1) is 17.4. The van der Waals surface area contributed by atoms with E-state index in [4.69, 9.17) is 0 Å². The molecule has 0 radical (unpaired) electrons. The number of hydrogen-bond acceptors (Lipinski definition) is 7. The first-order chi connectivity index (χ1) is 12.8. The van der Waals surface area contributed by atoms with Gasteiger partial charge in [-0.25, -0.2) is 19.9 Å². The molecule has 0 aliphatic carbocycles. The van der Waals surface area contributed by atoms with Crippen LogP contribution in [0.5, 0.6) is 0 Å². The molecule has 0 N–H and O–H groups in total. The number of aromatic nitrogens is 6. The molecule has 142 valence electrons. The highest BCUT2D eigenvalue weighted by molar-refractivity contribution is 5.86. The Labute approximate surface area is 152 Å². The molecule has 4 rings (SSSR count). The average molecular weight is 378 g/mol. The van der Waals surface area contributed by atoms with Gasteiger partial charge in [-0.2, -0.15) is 18.3 Å². The molecular formula is C16H17F3N8. The molecule has 3 aromatic rings. The predicted octanol–water partition coefficient (Wildman–Crippen LogP) is 1.81. The van der Waals surface area contributed by atoms with Crippen LogP contribution in [-0.4, -0.2) is 55.9 Å². The number of halogens is 3. The Balaban J connectivity index is 1.55. The molecule has 0 unspecified atom stereocenters. The molecule has 1 fully saturated rings. The van der Waals surface area contributed by atoms with Crippen LogP contribution in [0, 0.1) is 6.92 Å². The van der Waals surface area contributed by atoms with E-state index in [1.807, 2.05) is 11.9 Å². The lowest BCUT2D eigenvalue weighted by Gasteiger charge is -2.36. The summed E-state index contributed by atoms with van der Waals surface area (Å²) in [5.41, 5.74) is -0.177. The van der Waals surface area contributed by atoms with E-state index in [2.05, 4.69) is 29.9 Å². The standard InChI is InChI=1S/C16H17F3N8/c1-10-23-12(16(17,18)19)7-13(24-10)26-3-5-27(6-4-26)15-11-8-22-25(2)14(11)20-9-21-15/h7-9H,3-6H2,1-2H3. The van der Waals surface area contributed by atoms with Crippen LogP contribution in [0.2, 0.25) is 0 Å². The Morgan fingerprint density at radius 1 is 1.00 bits per heavy atom. The van der Waals surface area contributed by atoms with Crippen molar-refractivity contribution in [2.24, 2.45) is 7.05 Å². The Morgan fingerprint density at radius 2 is 1.70 bits per heavy atom. The number of aryl methyl sites for hydroxylation is 2. The molecule has 1 saturated heterocycles. The quantitative estimate of drug-likeness (QED) is 0.673. The van der Waals surface area contributed by atoms with Gasteiger partial charge >= 0.3 is 6.18 Å². The topological polar surface area (TPSA) is 75.9 Å². The normalized spacial score (nSPS) is 15.6. The summed E-state index contributed by atoms with van der Waals surface area (Å²) in [6, 6.07) is 1.01. The number of hydrogen-bond donors (Lipinski definition) is 0. The third-order valence-electron chi connectivity index (χ3n) is 4.53. The van der Waals surface area contributed by atoms with Crippen LogP contribution in [0.15, 0.2) is 18.6 Å². The van der Waals surface area contributed by atoms with E-state index in [-0.39, 0.29) is 5.82 Å². The van der Waals surface area contributed by atoms with Crippen molar-refractivity contribution in [2.45, 2.75) is 13.1 Å². The molecule has 1 aliphatic rings. The molecule has 11 heteroatoms. The SMILES string of the molecule is Cc1nc(N2CCN(c3ncnc4c3cnn4C)CC2)cc(C(F)(F)F)n1. The minimum Gasteiger partial charge on any atom is -0.353 e. The molecule has 1 aliphatic heterocycles. The molecule has 0 spiro atoms. The molecule has 0 aromatic carbocycles. The summed E-state index contributed by atoms with van der Waals surface area (Å²) in [7, 11) is 1.81. The van der Waals surface area contributed by atoms with E-state index in [0.29, 0.717) is 32.0 Å². The second-order valence-electron chi connectivity index (χ2n) is 6.33. The summed E-state index contributed by atoms with van der Waals surface area (Å²) in [5.74, 6) is 1.18. The van der Waals surface area contributed by atoms with Gasteiger partial charge in [0.1, 0.15) is 29.5 Å². The minimum absolute atomic E-state index is 0.107. The summed E-state index contributed by atoms with van der Waals surface area (Å²) < 4.78 is 40.7. The summed E-state index contributed by atoms with van der Waals surface area (Å²) in [6.45, 7) is 3.73. The van der Waals surface area contributed by atoms with Crippen molar-refractivity contribution in [2.75, 3.05) is 36.0 Å². The molecule has 8 nitrogen and oxygen atoms in total. The number of anilines is 2. The number of piperazine rings is 1.